The number of hydrogen-bond acceptors (Lipinski definition) is 2. The van der Waals surface area contributed by atoms with Crippen molar-refractivity contribution >= 4 is 0 Å². The normalized spacial score (nSPS) is 25.3. The molecule has 2 aliphatic carbocycles. The highest BCUT2D eigenvalue weighted by Crippen LogP contribution is 2.30. The first kappa shape index (κ1) is 31.7. The van der Waals surface area contributed by atoms with Crippen molar-refractivity contribution in [3.8, 4) is 0 Å². The zero-order chi connectivity index (χ0) is 25.2. The smallest absolute Gasteiger partial charge is 0.0583 e. The predicted molar refractivity (Wildman–Crippen MR) is 146 cm³/mol. The molecular weight excluding hydrogens is 404 g/mol. The second-order valence-electron chi connectivity index (χ2n) is 9.92. The van der Waals surface area contributed by atoms with Crippen LogP contribution in [0.3, 0.4) is 0 Å². The molecular formula is C31H54O2. The van der Waals surface area contributed by atoms with E-state index < -0.39 is 0 Å². The van der Waals surface area contributed by atoms with Crippen LogP contribution in [-0.4, -0.2) is 23.4 Å². The summed E-state index contributed by atoms with van der Waals surface area (Å²) in [6.45, 7) is 15.5. The lowest BCUT2D eigenvalue weighted by Crippen LogP contribution is -2.13. The van der Waals surface area contributed by atoms with Crippen molar-refractivity contribution in [3.05, 3.63) is 52.8 Å². The Morgan fingerprint density at radius 1 is 1.06 bits per heavy atom. The standard InChI is InChI=1S/C28H44O.C2H6.CH4O/c1-21(2)23(4)12-9-15-25-14-8-11-22(3)10-6-7-13-26(25)17-18-27-20-28(29)19-16-24(27)5;2*1-2/h7,9,12,17-18,21-23,25,28-29H,6,8,10-11,14-16,19-20H2,1-5H3;1-2H3;2H,1H3/b12-9+,18-17-;;. The van der Waals surface area contributed by atoms with E-state index in [2.05, 4.69) is 70.7 Å². The first-order valence-corrected chi connectivity index (χ1v) is 13.5. The molecule has 2 rings (SSSR count). The van der Waals surface area contributed by atoms with Gasteiger partial charge in [0.05, 0.1) is 6.10 Å². The number of aliphatic hydroxyl groups excluding tert-OH is 2. The molecule has 0 aliphatic heterocycles. The van der Waals surface area contributed by atoms with E-state index in [1.54, 1.807) is 0 Å². The predicted octanol–water partition coefficient (Wildman–Crippen LogP) is 8.57. The Balaban J connectivity index is 0.00000242. The quantitative estimate of drug-likeness (QED) is 0.309. The summed E-state index contributed by atoms with van der Waals surface area (Å²) in [5.41, 5.74) is 7.78. The second kappa shape index (κ2) is 19.0. The Morgan fingerprint density at radius 2 is 1.76 bits per heavy atom. The summed E-state index contributed by atoms with van der Waals surface area (Å²) in [4.78, 5) is 0. The molecule has 2 nitrogen and oxygen atoms in total. The van der Waals surface area contributed by atoms with Gasteiger partial charge in [0, 0.05) is 7.11 Å². The average Bonchev–Trinajstić information content (AvgIpc) is 2.82. The molecule has 0 fully saturated rings. The van der Waals surface area contributed by atoms with Crippen LogP contribution in [0, 0.1) is 23.7 Å². The fourth-order valence-electron chi connectivity index (χ4n) is 4.27. The SMILES string of the molecule is CC.CC1=C(/C=C\C2=C=CCCC(C)CCCC2C/C=C/C(C)C(C)C)CC(O)CC1.CO. The van der Waals surface area contributed by atoms with E-state index in [1.807, 2.05) is 13.8 Å². The Hall–Kier alpha value is -1.34. The highest BCUT2D eigenvalue weighted by Gasteiger charge is 2.17. The molecule has 0 heterocycles. The maximum absolute atomic E-state index is 10.1. The minimum Gasteiger partial charge on any atom is -0.400 e. The van der Waals surface area contributed by atoms with E-state index in [-0.39, 0.29) is 6.10 Å². The second-order valence-corrected chi connectivity index (χ2v) is 9.92. The highest BCUT2D eigenvalue weighted by molar-refractivity contribution is 5.34. The zero-order valence-electron chi connectivity index (χ0n) is 23.0. The van der Waals surface area contributed by atoms with E-state index >= 15 is 0 Å². The fraction of sp³-hybridized carbons (Fsp3) is 0.710. The molecule has 4 unspecified atom stereocenters. The molecule has 0 aromatic rings. The van der Waals surface area contributed by atoms with E-state index in [0.29, 0.717) is 17.8 Å². The molecule has 2 aliphatic rings. The molecule has 190 valence electrons. The van der Waals surface area contributed by atoms with Gasteiger partial charge in [-0.05, 0) is 92.8 Å². The van der Waals surface area contributed by atoms with Gasteiger partial charge in [-0.15, -0.1) is 5.73 Å². The van der Waals surface area contributed by atoms with Crippen molar-refractivity contribution in [1.82, 2.24) is 0 Å². The van der Waals surface area contributed by atoms with Gasteiger partial charge in [-0.1, -0.05) is 84.3 Å². The van der Waals surface area contributed by atoms with E-state index in [4.69, 9.17) is 5.11 Å². The van der Waals surface area contributed by atoms with Gasteiger partial charge in [-0.2, -0.15) is 0 Å². The Kier molecular flexibility index (Phi) is 18.2. The van der Waals surface area contributed by atoms with E-state index in [0.717, 1.165) is 45.1 Å². The maximum atomic E-state index is 10.1. The van der Waals surface area contributed by atoms with Crippen LogP contribution in [0.1, 0.15) is 106 Å². The summed E-state index contributed by atoms with van der Waals surface area (Å²) in [5.74, 6) is 2.68. The Morgan fingerprint density at radius 3 is 2.42 bits per heavy atom. The summed E-state index contributed by atoms with van der Waals surface area (Å²) in [7, 11) is 1.00. The van der Waals surface area contributed by atoms with Crippen LogP contribution in [0.15, 0.2) is 52.8 Å². The van der Waals surface area contributed by atoms with Crippen molar-refractivity contribution < 1.29 is 10.2 Å². The number of hydrogen-bond donors (Lipinski definition) is 2. The molecule has 2 heteroatoms. The topological polar surface area (TPSA) is 40.5 Å². The molecule has 2 N–H and O–H groups in total. The minimum absolute atomic E-state index is 0.176. The van der Waals surface area contributed by atoms with Crippen LogP contribution in [0.2, 0.25) is 0 Å². The van der Waals surface area contributed by atoms with Crippen LogP contribution in [0.25, 0.3) is 0 Å². The lowest BCUT2D eigenvalue weighted by molar-refractivity contribution is 0.159. The van der Waals surface area contributed by atoms with Gasteiger partial charge >= 0.3 is 0 Å². The van der Waals surface area contributed by atoms with Crippen LogP contribution < -0.4 is 0 Å². The largest absolute Gasteiger partial charge is 0.400 e. The van der Waals surface area contributed by atoms with Gasteiger partial charge in [0.2, 0.25) is 0 Å². The molecule has 0 spiro atoms. The number of allylic oxidation sites excluding steroid dienone is 6. The van der Waals surface area contributed by atoms with Crippen LogP contribution in [-0.2, 0) is 0 Å². The first-order valence-electron chi connectivity index (χ1n) is 13.5. The summed E-state index contributed by atoms with van der Waals surface area (Å²) in [5, 5.41) is 17.1. The minimum atomic E-state index is -0.176. The number of aliphatic hydroxyl groups is 2. The summed E-state index contributed by atoms with van der Waals surface area (Å²) < 4.78 is 0. The highest BCUT2D eigenvalue weighted by atomic mass is 16.3. The van der Waals surface area contributed by atoms with Gasteiger partial charge in [0.1, 0.15) is 0 Å². The molecule has 0 aromatic carbocycles. The van der Waals surface area contributed by atoms with E-state index in [1.165, 1.54) is 42.4 Å². The molecule has 33 heavy (non-hydrogen) atoms. The van der Waals surface area contributed by atoms with Gasteiger partial charge in [0.15, 0.2) is 0 Å². The Bertz CT molecular complexity index is 658. The monoisotopic (exact) mass is 458 g/mol. The van der Waals surface area contributed by atoms with E-state index in [9.17, 15) is 5.11 Å². The number of rotatable bonds is 6. The summed E-state index contributed by atoms with van der Waals surface area (Å²) in [6, 6.07) is 0. The van der Waals surface area contributed by atoms with Crippen molar-refractivity contribution in [2.24, 2.45) is 23.7 Å². The maximum Gasteiger partial charge on any atom is 0.0583 e. The van der Waals surface area contributed by atoms with Crippen molar-refractivity contribution in [3.63, 3.8) is 0 Å². The van der Waals surface area contributed by atoms with Crippen molar-refractivity contribution in [1.29, 1.82) is 0 Å². The molecule has 0 radical (unpaired) electrons. The molecule has 4 atom stereocenters. The molecule has 0 saturated carbocycles. The van der Waals surface area contributed by atoms with Gasteiger partial charge in [-0.25, -0.2) is 0 Å². The van der Waals surface area contributed by atoms with Crippen molar-refractivity contribution in [2.45, 2.75) is 112 Å². The van der Waals surface area contributed by atoms with Gasteiger partial charge < -0.3 is 10.2 Å². The lowest BCUT2D eigenvalue weighted by Gasteiger charge is -2.21. The van der Waals surface area contributed by atoms with Crippen LogP contribution in [0.5, 0.6) is 0 Å². The third kappa shape index (κ3) is 13.2. The lowest BCUT2D eigenvalue weighted by atomic mass is 9.85. The third-order valence-electron chi connectivity index (χ3n) is 6.99. The summed E-state index contributed by atoms with van der Waals surface area (Å²) in [6.07, 6.45) is 21.6. The molecule has 0 amide bonds. The third-order valence-corrected chi connectivity index (χ3v) is 6.99. The average molecular weight is 459 g/mol. The summed E-state index contributed by atoms with van der Waals surface area (Å²) >= 11 is 0. The van der Waals surface area contributed by atoms with Gasteiger partial charge in [0.25, 0.3) is 0 Å². The molecule has 0 saturated heterocycles. The Labute approximate surface area is 206 Å². The molecule has 0 bridgehead atoms. The van der Waals surface area contributed by atoms with Crippen LogP contribution >= 0.6 is 0 Å². The van der Waals surface area contributed by atoms with Crippen molar-refractivity contribution in [2.75, 3.05) is 7.11 Å². The fourth-order valence-corrected chi connectivity index (χ4v) is 4.27. The molecule has 0 aromatic heterocycles. The zero-order valence-corrected chi connectivity index (χ0v) is 23.0. The first-order chi connectivity index (χ1) is 15.9. The van der Waals surface area contributed by atoms with Gasteiger partial charge in [-0.3, -0.25) is 0 Å². The van der Waals surface area contributed by atoms with Crippen LogP contribution in [0.4, 0.5) is 0 Å².